The molecule has 0 fully saturated rings. The van der Waals surface area contributed by atoms with Crippen LogP contribution in [-0.4, -0.2) is 14.5 Å². The van der Waals surface area contributed by atoms with E-state index in [1.54, 1.807) is 0 Å². The number of rotatable bonds is 6. The standard InChI is InChI=1S/C53H35N3/c1-4-16-36(17-5-1)37-30-32-38(33-31-37)47-35-48(55-52(54-47)39-18-6-2-7-19-39)40-20-14-23-42(34-40)53(41-21-8-3-9-22-41)45-26-11-13-29-50(45)56-49-28-12-10-24-43(49)44-25-15-27-46(53)51(44)56/h1-35H. The first kappa shape index (κ1) is 32.1. The Morgan fingerprint density at radius 3 is 1.68 bits per heavy atom. The second-order valence-corrected chi connectivity index (χ2v) is 14.5. The fourth-order valence-corrected chi connectivity index (χ4v) is 9.01. The minimum atomic E-state index is -0.608. The molecule has 1 aliphatic rings. The van der Waals surface area contributed by atoms with Gasteiger partial charge in [-0.05, 0) is 57.6 Å². The van der Waals surface area contributed by atoms with E-state index in [9.17, 15) is 0 Å². The number of fused-ring (bicyclic) bond motifs is 5. The summed E-state index contributed by atoms with van der Waals surface area (Å²) in [6.45, 7) is 0. The highest BCUT2D eigenvalue weighted by molar-refractivity contribution is 6.12. The van der Waals surface area contributed by atoms with E-state index in [1.807, 2.05) is 18.2 Å². The van der Waals surface area contributed by atoms with Crippen molar-refractivity contribution >= 4 is 21.8 Å². The van der Waals surface area contributed by atoms with Gasteiger partial charge in [0.1, 0.15) is 0 Å². The van der Waals surface area contributed by atoms with Gasteiger partial charge in [0.05, 0.1) is 33.5 Å². The number of benzene rings is 8. The minimum absolute atomic E-state index is 0.608. The molecule has 0 saturated carbocycles. The summed E-state index contributed by atoms with van der Waals surface area (Å²) in [6.07, 6.45) is 0. The van der Waals surface area contributed by atoms with Gasteiger partial charge < -0.3 is 4.57 Å². The summed E-state index contributed by atoms with van der Waals surface area (Å²) >= 11 is 0. The monoisotopic (exact) mass is 713 g/mol. The van der Waals surface area contributed by atoms with Crippen LogP contribution in [-0.2, 0) is 5.41 Å². The van der Waals surface area contributed by atoms with Gasteiger partial charge in [0.15, 0.2) is 5.82 Å². The van der Waals surface area contributed by atoms with Crippen molar-refractivity contribution < 1.29 is 0 Å². The third-order valence-electron chi connectivity index (χ3n) is 11.5. The van der Waals surface area contributed by atoms with Crippen molar-refractivity contribution in [3.05, 3.63) is 235 Å². The molecule has 8 aromatic carbocycles. The summed E-state index contributed by atoms with van der Waals surface area (Å²) < 4.78 is 2.48. The Bertz CT molecular complexity index is 3060. The van der Waals surface area contributed by atoms with Crippen molar-refractivity contribution in [2.45, 2.75) is 5.41 Å². The highest BCUT2D eigenvalue weighted by atomic mass is 15.0. The van der Waals surface area contributed by atoms with Crippen molar-refractivity contribution in [2.24, 2.45) is 0 Å². The van der Waals surface area contributed by atoms with E-state index in [1.165, 1.54) is 60.9 Å². The number of hydrogen-bond donors (Lipinski definition) is 0. The fraction of sp³-hybridized carbons (Fsp3) is 0.0189. The van der Waals surface area contributed by atoms with E-state index in [4.69, 9.17) is 9.97 Å². The number of hydrogen-bond acceptors (Lipinski definition) is 2. The molecule has 1 unspecified atom stereocenters. The van der Waals surface area contributed by atoms with Gasteiger partial charge in [-0.2, -0.15) is 0 Å². The molecule has 2 aromatic heterocycles. The topological polar surface area (TPSA) is 30.7 Å². The van der Waals surface area contributed by atoms with E-state index in [0.717, 1.165) is 28.1 Å². The molecule has 0 N–H and O–H groups in total. The van der Waals surface area contributed by atoms with E-state index in [2.05, 4.69) is 199 Å². The molecular weight excluding hydrogens is 679 g/mol. The summed E-state index contributed by atoms with van der Waals surface area (Å²) in [4.78, 5) is 10.4. The van der Waals surface area contributed by atoms with E-state index >= 15 is 0 Å². The van der Waals surface area contributed by atoms with E-state index in [0.29, 0.717) is 5.82 Å². The molecule has 3 nitrogen and oxygen atoms in total. The molecule has 0 amide bonds. The minimum Gasteiger partial charge on any atom is -0.309 e. The quantitative estimate of drug-likeness (QED) is 0.172. The molecule has 0 radical (unpaired) electrons. The maximum absolute atomic E-state index is 5.28. The molecule has 11 rings (SSSR count). The van der Waals surface area contributed by atoms with Crippen LogP contribution in [0.15, 0.2) is 212 Å². The normalized spacial score (nSPS) is 14.5. The van der Waals surface area contributed by atoms with Crippen LogP contribution < -0.4 is 0 Å². The van der Waals surface area contributed by atoms with Gasteiger partial charge in [-0.3, -0.25) is 0 Å². The number of nitrogens with zero attached hydrogens (tertiary/aromatic N) is 3. The van der Waals surface area contributed by atoms with Crippen LogP contribution in [0.4, 0.5) is 0 Å². The number of para-hydroxylation sites is 3. The molecule has 0 saturated heterocycles. The van der Waals surface area contributed by atoms with Crippen LogP contribution >= 0.6 is 0 Å². The highest BCUT2D eigenvalue weighted by Crippen LogP contribution is 2.54. The summed E-state index contributed by atoms with van der Waals surface area (Å²) in [5, 5.41) is 2.52. The average Bonchev–Trinajstić information content (AvgIpc) is 3.63. The Kier molecular flexibility index (Phi) is 7.39. The van der Waals surface area contributed by atoms with Crippen molar-refractivity contribution in [3.63, 3.8) is 0 Å². The molecule has 3 heteroatoms. The SMILES string of the molecule is c1ccc(-c2ccc(-c3cc(-c4cccc(C5(c6ccccc6)c6ccccc6-n6c7ccccc7c7cccc5c76)c4)nc(-c4ccccc4)n3)cc2)cc1. The smallest absolute Gasteiger partial charge is 0.160 e. The van der Waals surface area contributed by atoms with Crippen LogP contribution in [0.3, 0.4) is 0 Å². The van der Waals surface area contributed by atoms with Crippen LogP contribution in [0.1, 0.15) is 22.3 Å². The van der Waals surface area contributed by atoms with Gasteiger partial charge in [0, 0.05) is 27.5 Å². The molecule has 0 bridgehead atoms. The fourth-order valence-electron chi connectivity index (χ4n) is 9.01. The predicted molar refractivity (Wildman–Crippen MR) is 230 cm³/mol. The predicted octanol–water partition coefficient (Wildman–Crippen LogP) is 12.9. The van der Waals surface area contributed by atoms with Gasteiger partial charge in [0.2, 0.25) is 0 Å². The molecule has 1 atom stereocenters. The lowest BCUT2D eigenvalue weighted by molar-refractivity contribution is 0.728. The lowest BCUT2D eigenvalue weighted by atomic mass is 9.63. The second-order valence-electron chi connectivity index (χ2n) is 14.5. The maximum atomic E-state index is 5.28. The molecular formula is C53H35N3. The van der Waals surface area contributed by atoms with Crippen LogP contribution in [0.25, 0.3) is 72.5 Å². The maximum Gasteiger partial charge on any atom is 0.160 e. The molecule has 56 heavy (non-hydrogen) atoms. The molecule has 1 aliphatic heterocycles. The molecule has 262 valence electrons. The Labute approximate surface area is 325 Å². The van der Waals surface area contributed by atoms with Crippen molar-refractivity contribution in [1.82, 2.24) is 14.5 Å². The zero-order chi connectivity index (χ0) is 37.1. The van der Waals surface area contributed by atoms with Crippen LogP contribution in [0.2, 0.25) is 0 Å². The highest BCUT2D eigenvalue weighted by Gasteiger charge is 2.45. The lowest BCUT2D eigenvalue weighted by Crippen LogP contribution is -2.35. The largest absolute Gasteiger partial charge is 0.309 e. The van der Waals surface area contributed by atoms with Gasteiger partial charge in [-0.1, -0.05) is 188 Å². The summed E-state index contributed by atoms with van der Waals surface area (Å²) in [5.41, 5.74) is 15.2. The molecule has 0 aliphatic carbocycles. The Hall–Kier alpha value is -7.36. The van der Waals surface area contributed by atoms with Crippen molar-refractivity contribution in [1.29, 1.82) is 0 Å². The van der Waals surface area contributed by atoms with Crippen molar-refractivity contribution in [3.8, 4) is 50.7 Å². The first-order chi connectivity index (χ1) is 27.8. The molecule has 0 spiro atoms. The first-order valence-corrected chi connectivity index (χ1v) is 19.2. The van der Waals surface area contributed by atoms with Crippen LogP contribution in [0.5, 0.6) is 0 Å². The Morgan fingerprint density at radius 2 is 0.893 bits per heavy atom. The summed E-state index contributed by atoms with van der Waals surface area (Å²) in [5.74, 6) is 0.700. The summed E-state index contributed by atoms with van der Waals surface area (Å²) in [6, 6.07) is 76.3. The molecule has 3 heterocycles. The second kappa shape index (κ2) is 12.9. The third-order valence-corrected chi connectivity index (χ3v) is 11.5. The Balaban J connectivity index is 1.15. The van der Waals surface area contributed by atoms with Gasteiger partial charge in [0.25, 0.3) is 0 Å². The average molecular weight is 714 g/mol. The van der Waals surface area contributed by atoms with Gasteiger partial charge >= 0.3 is 0 Å². The van der Waals surface area contributed by atoms with E-state index in [-0.39, 0.29) is 0 Å². The van der Waals surface area contributed by atoms with Crippen molar-refractivity contribution in [2.75, 3.05) is 0 Å². The first-order valence-electron chi connectivity index (χ1n) is 19.2. The van der Waals surface area contributed by atoms with E-state index < -0.39 is 5.41 Å². The zero-order valence-corrected chi connectivity index (χ0v) is 30.5. The zero-order valence-electron chi connectivity index (χ0n) is 30.5. The number of aromatic nitrogens is 3. The van der Waals surface area contributed by atoms with Gasteiger partial charge in [-0.25, -0.2) is 9.97 Å². The summed E-state index contributed by atoms with van der Waals surface area (Å²) in [7, 11) is 0. The third kappa shape index (κ3) is 4.91. The lowest BCUT2D eigenvalue weighted by Gasteiger charge is -2.41. The van der Waals surface area contributed by atoms with Gasteiger partial charge in [-0.15, -0.1) is 0 Å². The molecule has 10 aromatic rings. The Morgan fingerprint density at radius 1 is 0.357 bits per heavy atom. The van der Waals surface area contributed by atoms with Crippen LogP contribution in [0, 0.1) is 0 Å².